The van der Waals surface area contributed by atoms with Gasteiger partial charge in [0.15, 0.2) is 6.10 Å². The summed E-state index contributed by atoms with van der Waals surface area (Å²) in [6.45, 7) is 10.0. The fraction of sp³-hybridized carbons (Fsp3) is 0.348. The van der Waals surface area contributed by atoms with Gasteiger partial charge in [0.05, 0.1) is 6.54 Å². The third-order valence-corrected chi connectivity index (χ3v) is 4.94. The molecule has 0 bridgehead atoms. The second-order valence-electron chi connectivity index (χ2n) is 7.54. The van der Waals surface area contributed by atoms with E-state index in [0.29, 0.717) is 11.7 Å². The van der Waals surface area contributed by atoms with Crippen molar-refractivity contribution in [1.82, 2.24) is 15.0 Å². The molecule has 1 aromatic heterocycles. The Hall–Kier alpha value is -3.15. The largest absolute Gasteiger partial charge is 0.481 e. The maximum atomic E-state index is 12.8. The lowest BCUT2D eigenvalue weighted by Gasteiger charge is -2.22. The van der Waals surface area contributed by atoms with Crippen molar-refractivity contribution in [3.8, 4) is 17.1 Å². The number of rotatable bonds is 6. The monoisotopic (exact) mass is 393 g/mol. The van der Waals surface area contributed by atoms with E-state index < -0.39 is 6.10 Å². The molecular formula is C23H27N3O3. The summed E-state index contributed by atoms with van der Waals surface area (Å²) >= 11 is 0. The first-order valence-corrected chi connectivity index (χ1v) is 9.63. The van der Waals surface area contributed by atoms with E-state index in [1.165, 1.54) is 4.90 Å². The highest BCUT2D eigenvalue weighted by Gasteiger charge is 2.22. The molecule has 2 aromatic carbocycles. The van der Waals surface area contributed by atoms with E-state index in [9.17, 15) is 4.79 Å². The van der Waals surface area contributed by atoms with Crippen LogP contribution in [-0.4, -0.2) is 34.1 Å². The van der Waals surface area contributed by atoms with Crippen molar-refractivity contribution in [2.24, 2.45) is 0 Å². The van der Waals surface area contributed by atoms with Crippen LogP contribution in [0.5, 0.6) is 5.75 Å². The predicted octanol–water partition coefficient (Wildman–Crippen LogP) is 4.40. The minimum absolute atomic E-state index is 0.154. The Labute approximate surface area is 171 Å². The quantitative estimate of drug-likeness (QED) is 0.621. The molecule has 0 aliphatic rings. The molecule has 6 heteroatoms. The zero-order valence-electron chi connectivity index (χ0n) is 17.8. The van der Waals surface area contributed by atoms with E-state index in [1.54, 1.807) is 14.0 Å². The lowest BCUT2D eigenvalue weighted by Crippen LogP contribution is -2.37. The number of ether oxygens (including phenoxy) is 1. The number of carbonyl (C=O) groups is 1. The molecule has 0 saturated heterocycles. The van der Waals surface area contributed by atoms with Crippen molar-refractivity contribution >= 4 is 5.91 Å². The molecule has 3 aromatic rings. The van der Waals surface area contributed by atoms with Gasteiger partial charge in [-0.1, -0.05) is 41.1 Å². The van der Waals surface area contributed by atoms with Crippen LogP contribution in [0.1, 0.15) is 35.1 Å². The van der Waals surface area contributed by atoms with Gasteiger partial charge >= 0.3 is 0 Å². The molecule has 0 spiro atoms. The van der Waals surface area contributed by atoms with Crippen molar-refractivity contribution in [2.75, 3.05) is 7.05 Å². The SMILES string of the molecule is Cc1ccc(-c2noc(CN(C)C(=O)[C@@H](C)Oc3cc(C)cc(C)c3C)n2)cc1. The van der Waals surface area contributed by atoms with Crippen molar-refractivity contribution < 1.29 is 14.1 Å². The van der Waals surface area contributed by atoms with Gasteiger partial charge in [-0.15, -0.1) is 0 Å². The average Bonchev–Trinajstić information content (AvgIpc) is 3.14. The summed E-state index contributed by atoms with van der Waals surface area (Å²) in [5.74, 6) is 1.47. The normalized spacial score (nSPS) is 11.9. The minimum atomic E-state index is -0.626. The number of aromatic nitrogens is 2. The van der Waals surface area contributed by atoms with Gasteiger partial charge in [0, 0.05) is 12.6 Å². The second kappa shape index (κ2) is 8.47. The van der Waals surface area contributed by atoms with E-state index >= 15 is 0 Å². The van der Waals surface area contributed by atoms with Crippen molar-refractivity contribution in [1.29, 1.82) is 0 Å². The van der Waals surface area contributed by atoms with E-state index in [1.807, 2.05) is 58.0 Å². The van der Waals surface area contributed by atoms with Crippen LogP contribution >= 0.6 is 0 Å². The van der Waals surface area contributed by atoms with Gasteiger partial charge in [-0.3, -0.25) is 4.79 Å². The van der Waals surface area contributed by atoms with Gasteiger partial charge in [0.25, 0.3) is 5.91 Å². The molecule has 0 N–H and O–H groups in total. The first kappa shape index (κ1) is 20.6. The summed E-state index contributed by atoms with van der Waals surface area (Å²) in [6.07, 6.45) is -0.626. The number of carbonyl (C=O) groups excluding carboxylic acids is 1. The first-order valence-electron chi connectivity index (χ1n) is 9.63. The number of aryl methyl sites for hydroxylation is 3. The van der Waals surface area contributed by atoms with Gasteiger partial charge in [-0.25, -0.2) is 0 Å². The zero-order chi connectivity index (χ0) is 21.1. The molecule has 0 aliphatic heterocycles. The highest BCUT2D eigenvalue weighted by atomic mass is 16.5. The molecule has 0 aliphatic carbocycles. The summed E-state index contributed by atoms with van der Waals surface area (Å²) < 4.78 is 11.3. The number of hydrogen-bond donors (Lipinski definition) is 0. The third kappa shape index (κ3) is 4.83. The van der Waals surface area contributed by atoms with Crippen LogP contribution in [0.3, 0.4) is 0 Å². The molecule has 6 nitrogen and oxygen atoms in total. The Morgan fingerprint density at radius 1 is 1.10 bits per heavy atom. The summed E-state index contributed by atoms with van der Waals surface area (Å²) in [6, 6.07) is 11.9. The number of hydrogen-bond acceptors (Lipinski definition) is 5. The van der Waals surface area contributed by atoms with Gasteiger partial charge < -0.3 is 14.2 Å². The number of amides is 1. The molecular weight excluding hydrogens is 366 g/mol. The molecule has 29 heavy (non-hydrogen) atoms. The second-order valence-corrected chi connectivity index (χ2v) is 7.54. The maximum absolute atomic E-state index is 12.8. The third-order valence-electron chi connectivity index (χ3n) is 4.94. The topological polar surface area (TPSA) is 68.5 Å². The summed E-state index contributed by atoms with van der Waals surface area (Å²) in [7, 11) is 1.70. The van der Waals surface area contributed by atoms with Gasteiger partial charge in [-0.05, 0) is 57.4 Å². The van der Waals surface area contributed by atoms with Crippen LogP contribution in [-0.2, 0) is 11.3 Å². The van der Waals surface area contributed by atoms with Crippen LogP contribution in [0.15, 0.2) is 40.9 Å². The standard InChI is InChI=1S/C23H27N3O3/c1-14-7-9-19(10-8-14)22-24-21(29-25-22)13-26(6)23(27)18(5)28-20-12-15(2)11-16(3)17(20)4/h7-12,18H,13H2,1-6H3/t18-/m1/s1. The number of benzene rings is 2. The zero-order valence-corrected chi connectivity index (χ0v) is 17.8. The van der Waals surface area contributed by atoms with Crippen LogP contribution in [0.25, 0.3) is 11.4 Å². The van der Waals surface area contributed by atoms with Crippen LogP contribution in [0, 0.1) is 27.7 Å². The van der Waals surface area contributed by atoms with Gasteiger partial charge in [0.2, 0.25) is 11.7 Å². The molecule has 0 radical (unpaired) electrons. The summed E-state index contributed by atoms with van der Waals surface area (Å²) in [5, 5.41) is 4.02. The molecule has 0 fully saturated rings. The van der Waals surface area contributed by atoms with Crippen molar-refractivity contribution in [3.05, 3.63) is 64.5 Å². The smallest absolute Gasteiger partial charge is 0.263 e. The Bertz CT molecular complexity index is 1010. The highest BCUT2D eigenvalue weighted by Crippen LogP contribution is 2.25. The fourth-order valence-corrected chi connectivity index (χ4v) is 3.09. The Kier molecular flexibility index (Phi) is 6.01. The lowest BCUT2D eigenvalue weighted by atomic mass is 10.1. The molecule has 0 saturated carbocycles. The van der Waals surface area contributed by atoms with E-state index in [-0.39, 0.29) is 12.5 Å². The van der Waals surface area contributed by atoms with E-state index in [2.05, 4.69) is 16.2 Å². The lowest BCUT2D eigenvalue weighted by molar-refractivity contribution is -0.137. The Balaban J connectivity index is 1.65. The molecule has 3 rings (SSSR count). The van der Waals surface area contributed by atoms with Crippen LogP contribution < -0.4 is 4.74 Å². The number of likely N-dealkylation sites (N-methyl/N-ethyl adjacent to an activating group) is 1. The van der Waals surface area contributed by atoms with Crippen molar-refractivity contribution in [2.45, 2.75) is 47.3 Å². The van der Waals surface area contributed by atoms with Crippen molar-refractivity contribution in [3.63, 3.8) is 0 Å². The molecule has 1 amide bonds. The maximum Gasteiger partial charge on any atom is 0.263 e. The Morgan fingerprint density at radius 2 is 1.79 bits per heavy atom. The fourth-order valence-electron chi connectivity index (χ4n) is 3.09. The summed E-state index contributed by atoms with van der Waals surface area (Å²) in [4.78, 5) is 18.7. The Morgan fingerprint density at radius 3 is 2.48 bits per heavy atom. The highest BCUT2D eigenvalue weighted by molar-refractivity contribution is 5.80. The van der Waals surface area contributed by atoms with Crippen LogP contribution in [0.2, 0.25) is 0 Å². The molecule has 152 valence electrons. The van der Waals surface area contributed by atoms with Gasteiger partial charge in [0.1, 0.15) is 5.75 Å². The summed E-state index contributed by atoms with van der Waals surface area (Å²) in [5.41, 5.74) is 5.32. The molecule has 1 heterocycles. The molecule has 1 atom stereocenters. The van der Waals surface area contributed by atoms with Crippen LogP contribution in [0.4, 0.5) is 0 Å². The average molecular weight is 393 g/mol. The molecule has 0 unspecified atom stereocenters. The minimum Gasteiger partial charge on any atom is -0.481 e. The number of nitrogens with zero attached hydrogens (tertiary/aromatic N) is 3. The van der Waals surface area contributed by atoms with Gasteiger partial charge in [-0.2, -0.15) is 4.98 Å². The predicted molar refractivity (Wildman–Crippen MR) is 112 cm³/mol. The van der Waals surface area contributed by atoms with E-state index in [0.717, 1.165) is 33.6 Å². The first-order chi connectivity index (χ1) is 13.7. The van der Waals surface area contributed by atoms with E-state index in [4.69, 9.17) is 9.26 Å².